The molecule has 38 heavy (non-hydrogen) atoms. The number of likely N-dealkylation sites (N-methyl/N-ethyl adjacent to an activating group) is 1. The first-order valence-electron chi connectivity index (χ1n) is 11.3. The van der Waals surface area contributed by atoms with E-state index in [9.17, 15) is 18.0 Å². The number of carbonyl (C=O) groups excluding carboxylic acids is 2. The van der Waals surface area contributed by atoms with Crippen molar-refractivity contribution in [3.8, 4) is 0 Å². The molecule has 3 aromatic carbocycles. The molecule has 0 aliphatic rings. The third kappa shape index (κ3) is 7.77. The maximum Gasteiger partial charge on any atom is 0.244 e. The summed E-state index contributed by atoms with van der Waals surface area (Å²) in [5, 5.41) is 3.25. The molecule has 1 N–H and O–H groups in total. The van der Waals surface area contributed by atoms with Gasteiger partial charge in [0.25, 0.3) is 0 Å². The molecule has 7 nitrogen and oxygen atoms in total. The number of benzene rings is 3. The molecule has 3 rings (SSSR count). The molecule has 0 spiro atoms. The maximum absolute atomic E-state index is 13.9. The predicted octanol–water partition coefficient (Wildman–Crippen LogP) is 5.45. The number of rotatable bonds is 10. The monoisotopic (exact) mass is 615 g/mol. The molecule has 0 heterocycles. The molecule has 0 aromatic heterocycles. The molecular weight excluding hydrogens is 592 g/mol. The predicted molar refractivity (Wildman–Crippen MR) is 154 cm³/mol. The Balaban J connectivity index is 2.07. The molecule has 0 saturated carbocycles. The molecule has 12 heteroatoms. The SMILES string of the molecule is CNC(=O)C(Cc1ccccc1)N(Cc1cccc(Cl)c1)C(=O)CN(c1cc(Cl)c(Cl)cc1Cl)S(C)(=O)=O. The number of amides is 2. The highest BCUT2D eigenvalue weighted by atomic mass is 35.5. The number of anilines is 1. The quantitative estimate of drug-likeness (QED) is 0.307. The van der Waals surface area contributed by atoms with Gasteiger partial charge in [-0.1, -0.05) is 88.9 Å². The number of hydrogen-bond acceptors (Lipinski definition) is 4. The summed E-state index contributed by atoms with van der Waals surface area (Å²) < 4.78 is 26.5. The zero-order chi connectivity index (χ0) is 28.0. The van der Waals surface area contributed by atoms with Gasteiger partial charge in [0.1, 0.15) is 12.6 Å². The third-order valence-corrected chi connectivity index (χ3v) is 8.08. The third-order valence-electron chi connectivity index (χ3n) is 5.70. The topological polar surface area (TPSA) is 86.8 Å². The summed E-state index contributed by atoms with van der Waals surface area (Å²) >= 11 is 24.6. The largest absolute Gasteiger partial charge is 0.357 e. The van der Waals surface area contributed by atoms with E-state index in [0.717, 1.165) is 16.1 Å². The van der Waals surface area contributed by atoms with Crippen molar-refractivity contribution in [2.45, 2.75) is 19.0 Å². The molecule has 0 radical (unpaired) electrons. The number of halogens is 4. The van der Waals surface area contributed by atoms with Crippen LogP contribution in [0.5, 0.6) is 0 Å². The van der Waals surface area contributed by atoms with Gasteiger partial charge in [0.05, 0.1) is 27.0 Å². The molecular formula is C26H25Cl4N3O4S. The van der Waals surface area contributed by atoms with E-state index < -0.39 is 34.4 Å². The Morgan fingerprint density at radius 2 is 1.50 bits per heavy atom. The lowest BCUT2D eigenvalue weighted by Crippen LogP contribution is -2.52. The summed E-state index contributed by atoms with van der Waals surface area (Å²) in [4.78, 5) is 28.3. The first-order valence-corrected chi connectivity index (χ1v) is 14.7. The van der Waals surface area contributed by atoms with Gasteiger partial charge in [0, 0.05) is 25.0 Å². The van der Waals surface area contributed by atoms with E-state index in [4.69, 9.17) is 46.4 Å². The van der Waals surface area contributed by atoms with E-state index >= 15 is 0 Å². The molecule has 1 atom stereocenters. The number of sulfonamides is 1. The second kappa shape index (κ2) is 13.0. The van der Waals surface area contributed by atoms with Crippen LogP contribution in [0.1, 0.15) is 11.1 Å². The maximum atomic E-state index is 13.9. The van der Waals surface area contributed by atoms with Gasteiger partial charge in [-0.3, -0.25) is 13.9 Å². The standard InChI is InChI=1S/C26H25Cl4N3O4S/c1-31-26(35)24(12-17-7-4-3-5-8-17)32(15-18-9-6-10-19(27)11-18)25(34)16-33(38(2,36)37)23-14-21(29)20(28)13-22(23)30/h3-11,13-14,24H,12,15-16H2,1-2H3,(H,31,35). The second-order valence-electron chi connectivity index (χ2n) is 8.46. The summed E-state index contributed by atoms with van der Waals surface area (Å²) in [7, 11) is -2.54. The van der Waals surface area contributed by atoms with Crippen molar-refractivity contribution in [3.05, 3.63) is 97.9 Å². The summed E-state index contributed by atoms with van der Waals surface area (Å²) in [6, 6.07) is 17.7. The van der Waals surface area contributed by atoms with Crippen molar-refractivity contribution in [2.24, 2.45) is 0 Å². The van der Waals surface area contributed by atoms with E-state index in [-0.39, 0.29) is 33.7 Å². The van der Waals surface area contributed by atoms with E-state index in [1.807, 2.05) is 30.3 Å². The Labute approximate surface area is 242 Å². The van der Waals surface area contributed by atoms with Crippen molar-refractivity contribution < 1.29 is 18.0 Å². The van der Waals surface area contributed by atoms with Gasteiger partial charge in [0.2, 0.25) is 21.8 Å². The zero-order valence-corrected chi connectivity index (χ0v) is 24.3. The van der Waals surface area contributed by atoms with Gasteiger partial charge in [0.15, 0.2) is 0 Å². The van der Waals surface area contributed by atoms with Gasteiger partial charge in [-0.05, 0) is 35.4 Å². The molecule has 3 aromatic rings. The van der Waals surface area contributed by atoms with Gasteiger partial charge >= 0.3 is 0 Å². The van der Waals surface area contributed by atoms with Crippen LogP contribution in [0.25, 0.3) is 0 Å². The summed E-state index contributed by atoms with van der Waals surface area (Å²) in [5.74, 6) is -1.05. The van der Waals surface area contributed by atoms with Crippen LogP contribution in [0.15, 0.2) is 66.7 Å². The lowest BCUT2D eigenvalue weighted by molar-refractivity contribution is -0.139. The molecule has 0 fully saturated rings. The molecule has 2 amide bonds. The minimum atomic E-state index is -4.01. The number of nitrogens with one attached hydrogen (secondary N) is 1. The highest BCUT2D eigenvalue weighted by Gasteiger charge is 2.33. The number of hydrogen-bond donors (Lipinski definition) is 1. The lowest BCUT2D eigenvalue weighted by atomic mass is 10.0. The first kappa shape index (κ1) is 30.1. The molecule has 0 aliphatic heterocycles. The van der Waals surface area contributed by atoms with Crippen LogP contribution in [0.3, 0.4) is 0 Å². The normalized spacial score (nSPS) is 12.1. The first-order chi connectivity index (χ1) is 17.9. The fraction of sp³-hybridized carbons (Fsp3) is 0.231. The Morgan fingerprint density at radius 3 is 2.11 bits per heavy atom. The van der Waals surface area contributed by atoms with Crippen molar-refractivity contribution >= 4 is 73.9 Å². The number of carbonyl (C=O) groups is 2. The fourth-order valence-electron chi connectivity index (χ4n) is 3.85. The second-order valence-corrected chi connectivity index (χ2v) is 12.0. The average molecular weight is 617 g/mol. The Morgan fingerprint density at radius 1 is 0.868 bits per heavy atom. The van der Waals surface area contributed by atoms with Crippen LogP contribution < -0.4 is 9.62 Å². The Hall–Kier alpha value is -2.49. The van der Waals surface area contributed by atoms with Crippen molar-refractivity contribution in [1.29, 1.82) is 0 Å². The van der Waals surface area contributed by atoms with E-state index in [1.54, 1.807) is 24.3 Å². The van der Waals surface area contributed by atoms with Gasteiger partial charge in [-0.25, -0.2) is 8.42 Å². The fourth-order valence-corrected chi connectivity index (χ4v) is 5.61. The minimum absolute atomic E-state index is 0.00295. The summed E-state index contributed by atoms with van der Waals surface area (Å²) in [5.41, 5.74) is 1.46. The number of nitrogens with zero attached hydrogens (tertiary/aromatic N) is 2. The average Bonchev–Trinajstić information content (AvgIpc) is 2.86. The van der Waals surface area contributed by atoms with E-state index in [0.29, 0.717) is 10.6 Å². The van der Waals surface area contributed by atoms with E-state index in [2.05, 4.69) is 5.32 Å². The Bertz CT molecular complexity index is 1420. The lowest BCUT2D eigenvalue weighted by Gasteiger charge is -2.33. The van der Waals surface area contributed by atoms with Crippen molar-refractivity contribution in [2.75, 3.05) is 24.2 Å². The highest BCUT2D eigenvalue weighted by Crippen LogP contribution is 2.35. The van der Waals surface area contributed by atoms with Crippen molar-refractivity contribution in [3.63, 3.8) is 0 Å². The smallest absolute Gasteiger partial charge is 0.244 e. The van der Waals surface area contributed by atoms with Gasteiger partial charge in [-0.15, -0.1) is 0 Å². The summed E-state index contributed by atoms with van der Waals surface area (Å²) in [6.45, 7) is -0.642. The molecule has 1 unspecified atom stereocenters. The van der Waals surface area contributed by atoms with Gasteiger partial charge < -0.3 is 10.2 Å². The molecule has 0 aliphatic carbocycles. The van der Waals surface area contributed by atoms with Crippen LogP contribution in [-0.4, -0.2) is 51.0 Å². The molecule has 0 saturated heterocycles. The van der Waals surface area contributed by atoms with Crippen LogP contribution in [0.4, 0.5) is 5.69 Å². The van der Waals surface area contributed by atoms with Gasteiger partial charge in [-0.2, -0.15) is 0 Å². The van der Waals surface area contributed by atoms with Crippen LogP contribution in [0.2, 0.25) is 20.1 Å². The van der Waals surface area contributed by atoms with Crippen LogP contribution in [-0.2, 0) is 32.6 Å². The van der Waals surface area contributed by atoms with E-state index in [1.165, 1.54) is 24.1 Å². The zero-order valence-electron chi connectivity index (χ0n) is 20.5. The van der Waals surface area contributed by atoms with Crippen LogP contribution in [0, 0.1) is 0 Å². The highest BCUT2D eigenvalue weighted by molar-refractivity contribution is 7.92. The Kier molecular flexibility index (Phi) is 10.3. The minimum Gasteiger partial charge on any atom is -0.357 e. The summed E-state index contributed by atoms with van der Waals surface area (Å²) in [6.07, 6.45) is 1.14. The van der Waals surface area contributed by atoms with Crippen molar-refractivity contribution in [1.82, 2.24) is 10.2 Å². The molecule has 202 valence electrons. The molecule has 0 bridgehead atoms. The van der Waals surface area contributed by atoms with Crippen LogP contribution >= 0.6 is 46.4 Å².